The summed E-state index contributed by atoms with van der Waals surface area (Å²) >= 11 is 1.39. The number of halogens is 1. The quantitative estimate of drug-likeness (QED) is 0.688. The van der Waals surface area contributed by atoms with E-state index >= 15 is 0 Å². The van der Waals surface area contributed by atoms with Crippen molar-refractivity contribution in [1.29, 1.82) is 0 Å². The summed E-state index contributed by atoms with van der Waals surface area (Å²) in [6.07, 6.45) is 1.47. The van der Waals surface area contributed by atoms with E-state index in [2.05, 4.69) is 5.32 Å². The molecule has 1 unspecified atom stereocenters. The molecular formula is C18H23ClN2O3S. The van der Waals surface area contributed by atoms with Crippen LogP contribution in [-0.2, 0) is 22.5 Å². The number of hydrogen-bond donors (Lipinski definition) is 2. The molecule has 1 atom stereocenters. The number of nitrogens with one attached hydrogen (secondary N) is 1. The van der Waals surface area contributed by atoms with Crippen LogP contribution in [0.1, 0.15) is 33.0 Å². The van der Waals surface area contributed by atoms with Crippen molar-refractivity contribution >= 4 is 35.6 Å². The Labute approximate surface area is 158 Å². The zero-order chi connectivity index (χ0) is 17.4. The van der Waals surface area contributed by atoms with Gasteiger partial charge >= 0.3 is 5.97 Å². The van der Waals surface area contributed by atoms with E-state index in [1.807, 2.05) is 36.4 Å². The Morgan fingerprint density at radius 1 is 1.20 bits per heavy atom. The smallest absolute Gasteiger partial charge is 0.305 e. The third kappa shape index (κ3) is 6.86. The molecule has 2 rings (SSSR count). The second-order valence-corrected chi connectivity index (χ2v) is 6.61. The minimum Gasteiger partial charge on any atom is -0.469 e. The second kappa shape index (κ2) is 10.9. The first-order chi connectivity index (χ1) is 11.6. The molecule has 0 aliphatic heterocycles. The molecule has 0 spiro atoms. The topological polar surface area (TPSA) is 81.4 Å². The summed E-state index contributed by atoms with van der Waals surface area (Å²) in [5.41, 5.74) is 6.70. The van der Waals surface area contributed by atoms with Gasteiger partial charge in [-0.15, -0.1) is 23.7 Å². The highest BCUT2D eigenvalue weighted by atomic mass is 35.5. The fourth-order valence-corrected chi connectivity index (χ4v) is 3.17. The second-order valence-electron chi connectivity index (χ2n) is 5.44. The van der Waals surface area contributed by atoms with Gasteiger partial charge in [0.1, 0.15) is 0 Å². The number of methoxy groups -OCH3 is 1. The highest BCUT2D eigenvalue weighted by Gasteiger charge is 2.17. The number of carbonyl (C=O) groups excluding carboxylic acids is 2. The summed E-state index contributed by atoms with van der Waals surface area (Å²) in [5.74, 6) is -0.408. The first-order valence-electron chi connectivity index (χ1n) is 7.82. The normalized spacial score (nSPS) is 11.3. The summed E-state index contributed by atoms with van der Waals surface area (Å²) < 4.78 is 4.69. The van der Waals surface area contributed by atoms with Gasteiger partial charge in [-0.25, -0.2) is 0 Å². The maximum Gasteiger partial charge on any atom is 0.305 e. The Morgan fingerprint density at radius 2 is 1.92 bits per heavy atom. The summed E-state index contributed by atoms with van der Waals surface area (Å²) in [7, 11) is 1.37. The van der Waals surface area contributed by atoms with Gasteiger partial charge in [-0.2, -0.15) is 0 Å². The third-order valence-corrected chi connectivity index (χ3v) is 4.78. The average Bonchev–Trinajstić information content (AvgIpc) is 3.09. The van der Waals surface area contributed by atoms with E-state index in [4.69, 9.17) is 10.5 Å². The van der Waals surface area contributed by atoms with Crippen molar-refractivity contribution in [3.63, 3.8) is 0 Å². The van der Waals surface area contributed by atoms with Crippen molar-refractivity contribution in [2.24, 2.45) is 5.73 Å². The number of esters is 1. The fraction of sp³-hybridized carbons (Fsp3) is 0.333. The van der Waals surface area contributed by atoms with Crippen LogP contribution in [0.2, 0.25) is 0 Å². The van der Waals surface area contributed by atoms with Crippen molar-refractivity contribution in [3.05, 3.63) is 57.8 Å². The molecule has 1 heterocycles. The molecule has 136 valence electrons. The Hall–Kier alpha value is -1.89. The Bertz CT molecular complexity index is 676. The molecule has 0 aliphatic rings. The SMILES string of the molecule is COC(=O)CCC(Cc1ccccc1)NC(=O)c1ccc(CN)s1.Cl. The third-order valence-electron chi connectivity index (χ3n) is 3.67. The average molecular weight is 383 g/mol. The Kier molecular flexibility index (Phi) is 9.20. The number of nitrogens with two attached hydrogens (primary N) is 1. The van der Waals surface area contributed by atoms with Gasteiger partial charge in [-0.1, -0.05) is 30.3 Å². The first kappa shape index (κ1) is 21.2. The Balaban J connectivity index is 0.00000312. The molecular weight excluding hydrogens is 360 g/mol. The predicted molar refractivity (Wildman–Crippen MR) is 102 cm³/mol. The monoisotopic (exact) mass is 382 g/mol. The zero-order valence-corrected chi connectivity index (χ0v) is 15.7. The minimum atomic E-state index is -0.274. The van der Waals surface area contributed by atoms with Crippen LogP contribution >= 0.6 is 23.7 Å². The zero-order valence-electron chi connectivity index (χ0n) is 14.1. The lowest BCUT2D eigenvalue weighted by Gasteiger charge is -2.18. The standard InChI is InChI=1S/C18H22N2O3S.ClH/c1-23-17(21)10-7-14(11-13-5-3-2-4-6-13)20-18(22)16-9-8-15(12-19)24-16;/h2-6,8-9,14H,7,10-12,19H2,1H3,(H,20,22);1H. The number of rotatable bonds is 8. The number of thiophene rings is 1. The minimum absolute atomic E-state index is 0. The molecule has 25 heavy (non-hydrogen) atoms. The van der Waals surface area contributed by atoms with E-state index in [1.54, 1.807) is 6.07 Å². The molecule has 0 bridgehead atoms. The molecule has 0 fully saturated rings. The molecule has 1 aromatic carbocycles. The lowest BCUT2D eigenvalue weighted by molar-refractivity contribution is -0.140. The molecule has 0 saturated carbocycles. The molecule has 1 aromatic heterocycles. The first-order valence-corrected chi connectivity index (χ1v) is 8.64. The largest absolute Gasteiger partial charge is 0.469 e. The Morgan fingerprint density at radius 3 is 2.52 bits per heavy atom. The maximum absolute atomic E-state index is 12.4. The summed E-state index contributed by atoms with van der Waals surface area (Å²) in [5, 5.41) is 3.02. The molecule has 0 radical (unpaired) electrons. The van der Waals surface area contributed by atoms with E-state index in [0.717, 1.165) is 10.4 Å². The van der Waals surface area contributed by atoms with Gasteiger partial charge in [0.25, 0.3) is 5.91 Å². The van der Waals surface area contributed by atoms with Crippen LogP contribution in [0.3, 0.4) is 0 Å². The number of amides is 1. The van der Waals surface area contributed by atoms with Crippen molar-refractivity contribution in [2.45, 2.75) is 31.8 Å². The van der Waals surface area contributed by atoms with Crippen LogP contribution in [0.4, 0.5) is 0 Å². The summed E-state index contributed by atoms with van der Waals surface area (Å²) in [4.78, 5) is 25.4. The summed E-state index contributed by atoms with van der Waals surface area (Å²) in [6, 6.07) is 13.4. The van der Waals surface area contributed by atoms with Gasteiger partial charge in [0.05, 0.1) is 12.0 Å². The maximum atomic E-state index is 12.4. The molecule has 1 amide bonds. The van der Waals surface area contributed by atoms with Crippen molar-refractivity contribution in [2.75, 3.05) is 7.11 Å². The summed E-state index contributed by atoms with van der Waals surface area (Å²) in [6.45, 7) is 0.424. The molecule has 7 heteroatoms. The molecule has 0 aliphatic carbocycles. The molecule has 5 nitrogen and oxygen atoms in total. The van der Waals surface area contributed by atoms with E-state index in [1.165, 1.54) is 18.4 Å². The van der Waals surface area contributed by atoms with Gasteiger partial charge < -0.3 is 15.8 Å². The van der Waals surface area contributed by atoms with E-state index in [0.29, 0.717) is 24.3 Å². The van der Waals surface area contributed by atoms with Crippen molar-refractivity contribution in [3.8, 4) is 0 Å². The van der Waals surface area contributed by atoms with Gasteiger partial charge in [-0.3, -0.25) is 9.59 Å². The van der Waals surface area contributed by atoms with Crippen LogP contribution in [0.25, 0.3) is 0 Å². The van der Waals surface area contributed by atoms with Crippen LogP contribution in [0.15, 0.2) is 42.5 Å². The van der Waals surface area contributed by atoms with Gasteiger partial charge in [0.2, 0.25) is 0 Å². The highest BCUT2D eigenvalue weighted by Crippen LogP contribution is 2.17. The van der Waals surface area contributed by atoms with Crippen LogP contribution in [0, 0.1) is 0 Å². The van der Waals surface area contributed by atoms with E-state index in [9.17, 15) is 9.59 Å². The van der Waals surface area contributed by atoms with E-state index in [-0.39, 0.29) is 36.7 Å². The van der Waals surface area contributed by atoms with Gasteiger partial charge in [0, 0.05) is 23.9 Å². The molecule has 0 saturated heterocycles. The molecule has 3 N–H and O–H groups in total. The van der Waals surface area contributed by atoms with Crippen LogP contribution < -0.4 is 11.1 Å². The van der Waals surface area contributed by atoms with Crippen molar-refractivity contribution < 1.29 is 14.3 Å². The van der Waals surface area contributed by atoms with Crippen LogP contribution in [0.5, 0.6) is 0 Å². The number of hydrogen-bond acceptors (Lipinski definition) is 5. The number of ether oxygens (including phenoxy) is 1. The lowest BCUT2D eigenvalue weighted by atomic mass is 10.0. The number of carbonyl (C=O) groups is 2. The highest BCUT2D eigenvalue weighted by molar-refractivity contribution is 7.14. The fourth-order valence-electron chi connectivity index (χ4n) is 2.38. The number of benzene rings is 1. The molecule has 2 aromatic rings. The lowest BCUT2D eigenvalue weighted by Crippen LogP contribution is -2.36. The van der Waals surface area contributed by atoms with Crippen LogP contribution in [-0.4, -0.2) is 25.0 Å². The predicted octanol–water partition coefficient (Wildman–Crippen LogP) is 2.92. The van der Waals surface area contributed by atoms with Gasteiger partial charge in [-0.05, 0) is 30.5 Å². The van der Waals surface area contributed by atoms with Gasteiger partial charge in [0.15, 0.2) is 0 Å². The van der Waals surface area contributed by atoms with E-state index < -0.39 is 0 Å². The van der Waals surface area contributed by atoms with Crippen molar-refractivity contribution in [1.82, 2.24) is 5.32 Å².